The molecule has 0 spiro atoms. The molecule has 0 atom stereocenters. The summed E-state index contributed by atoms with van der Waals surface area (Å²) < 4.78 is 10.8. The van der Waals surface area contributed by atoms with E-state index in [1.807, 2.05) is 24.3 Å². The summed E-state index contributed by atoms with van der Waals surface area (Å²) in [5.74, 6) is 0.535. The van der Waals surface area contributed by atoms with Crippen LogP contribution in [0.4, 0.5) is 17.2 Å². The maximum atomic E-state index is 11.9. The lowest BCUT2D eigenvalue weighted by molar-refractivity contribution is -0.144. The number of esters is 1. The van der Waals surface area contributed by atoms with E-state index in [4.69, 9.17) is 9.47 Å². The molecular formula is C21H26ClN5O4. The lowest BCUT2D eigenvalue weighted by Crippen LogP contribution is -2.34. The van der Waals surface area contributed by atoms with Crippen molar-refractivity contribution in [3.63, 3.8) is 0 Å². The van der Waals surface area contributed by atoms with E-state index in [0.717, 1.165) is 56.0 Å². The lowest BCUT2D eigenvalue weighted by atomic mass is 10.1. The molecule has 1 aromatic carbocycles. The molecule has 0 unspecified atom stereocenters. The number of nitrogens with zero attached hydrogens (tertiary/aromatic N) is 3. The first-order chi connectivity index (χ1) is 14.6. The van der Waals surface area contributed by atoms with E-state index in [-0.39, 0.29) is 31.0 Å². The number of anilines is 3. The third kappa shape index (κ3) is 5.83. The Bertz CT molecular complexity index is 936. The van der Waals surface area contributed by atoms with Crippen LogP contribution in [0.25, 0.3) is 0 Å². The van der Waals surface area contributed by atoms with Crippen LogP contribution in [0, 0.1) is 0 Å². The van der Waals surface area contributed by atoms with Crippen molar-refractivity contribution < 1.29 is 19.1 Å². The third-order valence-corrected chi connectivity index (χ3v) is 5.14. The molecule has 9 nitrogen and oxygen atoms in total. The molecule has 0 aliphatic carbocycles. The van der Waals surface area contributed by atoms with Gasteiger partial charge in [0.15, 0.2) is 6.61 Å². The summed E-state index contributed by atoms with van der Waals surface area (Å²) in [6.45, 7) is 3.68. The van der Waals surface area contributed by atoms with E-state index >= 15 is 0 Å². The van der Waals surface area contributed by atoms with Gasteiger partial charge < -0.3 is 25.0 Å². The minimum Gasteiger partial charge on any atom is -0.474 e. The number of aromatic nitrogens is 2. The zero-order valence-corrected chi connectivity index (χ0v) is 18.1. The van der Waals surface area contributed by atoms with Crippen LogP contribution in [0.1, 0.15) is 25.3 Å². The Labute approximate surface area is 186 Å². The second-order valence-corrected chi connectivity index (χ2v) is 7.36. The number of rotatable bonds is 6. The summed E-state index contributed by atoms with van der Waals surface area (Å²) in [5, 5.41) is 6.08. The average molecular weight is 448 g/mol. The Morgan fingerprint density at radius 2 is 2.03 bits per heavy atom. The molecule has 2 aliphatic rings. The second-order valence-electron chi connectivity index (χ2n) is 7.36. The molecule has 1 saturated heterocycles. The van der Waals surface area contributed by atoms with E-state index < -0.39 is 5.97 Å². The Balaban J connectivity index is 0.00000272. The molecule has 0 radical (unpaired) electrons. The highest BCUT2D eigenvalue weighted by Crippen LogP contribution is 2.35. The monoisotopic (exact) mass is 447 g/mol. The first-order valence-corrected chi connectivity index (χ1v) is 10.1. The summed E-state index contributed by atoms with van der Waals surface area (Å²) in [6, 6.07) is 7.61. The van der Waals surface area contributed by atoms with E-state index in [9.17, 15) is 9.59 Å². The SMILES string of the molecule is CC(=O)OCC(=O)Nc1ccc2c(c1)CCN2c1cc(OC2CCNCC2)ncn1.Cl. The van der Waals surface area contributed by atoms with Crippen molar-refractivity contribution in [3.8, 4) is 5.88 Å². The number of amides is 1. The smallest absolute Gasteiger partial charge is 0.303 e. The number of benzene rings is 1. The maximum absolute atomic E-state index is 11.9. The molecule has 1 aromatic heterocycles. The molecule has 0 saturated carbocycles. The van der Waals surface area contributed by atoms with Gasteiger partial charge >= 0.3 is 5.97 Å². The molecule has 2 aliphatic heterocycles. The van der Waals surface area contributed by atoms with Crippen LogP contribution in [0.2, 0.25) is 0 Å². The minimum atomic E-state index is -0.483. The van der Waals surface area contributed by atoms with Gasteiger partial charge in [0, 0.05) is 30.9 Å². The average Bonchev–Trinajstić information content (AvgIpc) is 3.16. The summed E-state index contributed by atoms with van der Waals surface area (Å²) in [6.07, 6.45) is 4.48. The molecule has 1 fully saturated rings. The van der Waals surface area contributed by atoms with Gasteiger partial charge in [0.2, 0.25) is 5.88 Å². The molecule has 3 heterocycles. The zero-order valence-electron chi connectivity index (χ0n) is 17.3. The highest BCUT2D eigenvalue weighted by Gasteiger charge is 2.23. The molecule has 4 rings (SSSR count). The number of fused-ring (bicyclic) bond motifs is 1. The fourth-order valence-electron chi connectivity index (χ4n) is 3.71. The Morgan fingerprint density at radius 1 is 1.23 bits per heavy atom. The van der Waals surface area contributed by atoms with Crippen LogP contribution in [-0.2, 0) is 20.7 Å². The molecule has 0 bridgehead atoms. The van der Waals surface area contributed by atoms with Crippen LogP contribution in [0.15, 0.2) is 30.6 Å². The van der Waals surface area contributed by atoms with Crippen molar-refractivity contribution in [1.29, 1.82) is 0 Å². The fourth-order valence-corrected chi connectivity index (χ4v) is 3.71. The molecule has 2 N–H and O–H groups in total. The normalized spacial score (nSPS) is 15.6. The number of hydrogen-bond donors (Lipinski definition) is 2. The standard InChI is InChI=1S/C21H25N5O4.ClH/c1-14(27)29-12-20(28)25-16-2-3-18-15(10-16)6-9-26(18)19-11-21(24-13-23-19)30-17-4-7-22-8-5-17;/h2-3,10-11,13,17,22H,4-9,12H2,1H3,(H,25,28);1H. The fraction of sp³-hybridized carbons (Fsp3) is 0.429. The van der Waals surface area contributed by atoms with E-state index in [1.165, 1.54) is 13.3 Å². The predicted molar refractivity (Wildman–Crippen MR) is 118 cm³/mol. The summed E-state index contributed by atoms with van der Waals surface area (Å²) in [7, 11) is 0. The van der Waals surface area contributed by atoms with Crippen molar-refractivity contribution in [3.05, 3.63) is 36.2 Å². The van der Waals surface area contributed by atoms with Crippen molar-refractivity contribution in [1.82, 2.24) is 15.3 Å². The van der Waals surface area contributed by atoms with Gasteiger partial charge in [-0.3, -0.25) is 9.59 Å². The zero-order chi connectivity index (χ0) is 20.9. The first kappa shape index (κ1) is 22.8. The Morgan fingerprint density at radius 3 is 2.81 bits per heavy atom. The maximum Gasteiger partial charge on any atom is 0.303 e. The van der Waals surface area contributed by atoms with Crippen LogP contribution in [0.5, 0.6) is 5.88 Å². The van der Waals surface area contributed by atoms with E-state index in [1.54, 1.807) is 0 Å². The van der Waals surface area contributed by atoms with Crippen molar-refractivity contribution in [2.75, 3.05) is 36.5 Å². The first-order valence-electron chi connectivity index (χ1n) is 10.1. The van der Waals surface area contributed by atoms with E-state index in [0.29, 0.717) is 11.6 Å². The van der Waals surface area contributed by atoms with Gasteiger partial charge in [0.1, 0.15) is 18.2 Å². The quantitative estimate of drug-likeness (QED) is 0.649. The third-order valence-electron chi connectivity index (χ3n) is 5.14. The van der Waals surface area contributed by atoms with Crippen molar-refractivity contribution in [2.24, 2.45) is 0 Å². The number of carbonyl (C=O) groups is 2. The second kappa shape index (κ2) is 10.4. The number of nitrogens with one attached hydrogen (secondary N) is 2. The molecule has 2 aromatic rings. The lowest BCUT2D eigenvalue weighted by Gasteiger charge is -2.24. The topological polar surface area (TPSA) is 106 Å². The van der Waals surface area contributed by atoms with Crippen LogP contribution in [0.3, 0.4) is 0 Å². The van der Waals surface area contributed by atoms with Crippen molar-refractivity contribution >= 4 is 41.5 Å². The van der Waals surface area contributed by atoms with Gasteiger partial charge in [-0.05, 0) is 56.1 Å². The van der Waals surface area contributed by atoms with Crippen LogP contribution in [-0.4, -0.2) is 54.2 Å². The summed E-state index contributed by atoms with van der Waals surface area (Å²) in [5.41, 5.74) is 2.82. The number of hydrogen-bond acceptors (Lipinski definition) is 8. The van der Waals surface area contributed by atoms with Gasteiger partial charge in [-0.15, -0.1) is 12.4 Å². The molecule has 166 valence electrons. The molecule has 10 heteroatoms. The van der Waals surface area contributed by atoms with Gasteiger partial charge in [-0.1, -0.05) is 0 Å². The van der Waals surface area contributed by atoms with Crippen LogP contribution < -0.4 is 20.3 Å². The summed E-state index contributed by atoms with van der Waals surface area (Å²) >= 11 is 0. The number of carbonyl (C=O) groups excluding carboxylic acids is 2. The Kier molecular flexibility index (Phi) is 7.64. The van der Waals surface area contributed by atoms with Gasteiger partial charge in [-0.25, -0.2) is 9.97 Å². The number of halogens is 1. The minimum absolute atomic E-state index is 0. The molecule has 31 heavy (non-hydrogen) atoms. The van der Waals surface area contributed by atoms with Crippen molar-refractivity contribution in [2.45, 2.75) is 32.3 Å². The largest absolute Gasteiger partial charge is 0.474 e. The van der Waals surface area contributed by atoms with Gasteiger partial charge in [0.05, 0.1) is 0 Å². The molecule has 1 amide bonds. The van der Waals surface area contributed by atoms with Crippen LogP contribution >= 0.6 is 12.4 Å². The predicted octanol–water partition coefficient (Wildman–Crippen LogP) is 2.23. The summed E-state index contributed by atoms with van der Waals surface area (Å²) in [4.78, 5) is 33.5. The number of piperidine rings is 1. The molecular weight excluding hydrogens is 422 g/mol. The van der Waals surface area contributed by atoms with Gasteiger partial charge in [-0.2, -0.15) is 0 Å². The number of ether oxygens (including phenoxy) is 2. The highest BCUT2D eigenvalue weighted by molar-refractivity contribution is 5.93. The highest BCUT2D eigenvalue weighted by atomic mass is 35.5. The Hall–Kier alpha value is -2.91. The van der Waals surface area contributed by atoms with Gasteiger partial charge in [0.25, 0.3) is 5.91 Å². The van der Waals surface area contributed by atoms with E-state index in [2.05, 4.69) is 25.5 Å².